The third kappa shape index (κ3) is 5.57. The molecule has 3 aromatic rings. The zero-order valence-electron chi connectivity index (χ0n) is 13.4. The number of aliphatic hydroxyl groups is 1. The zero-order valence-corrected chi connectivity index (χ0v) is 15.0. The van der Waals surface area contributed by atoms with Gasteiger partial charge in [-0.1, -0.05) is 65.8 Å². The van der Waals surface area contributed by atoms with Crippen molar-refractivity contribution in [2.45, 2.75) is 17.9 Å². The Morgan fingerprint density at radius 2 is 1.88 bits per heavy atom. The van der Waals surface area contributed by atoms with Gasteiger partial charge in [0.05, 0.1) is 19.3 Å². The number of benzene rings is 2. The van der Waals surface area contributed by atoms with Crippen LogP contribution in [0.25, 0.3) is 11.4 Å². The van der Waals surface area contributed by atoms with Crippen LogP contribution in [0.4, 0.5) is 0 Å². The van der Waals surface area contributed by atoms with Crippen molar-refractivity contribution in [3.63, 3.8) is 0 Å². The van der Waals surface area contributed by atoms with E-state index in [0.717, 1.165) is 17.0 Å². The molecule has 0 aliphatic rings. The maximum atomic E-state index is 10.0. The topological polar surface area (TPSA) is 71.0 Å². The summed E-state index contributed by atoms with van der Waals surface area (Å²) in [7, 11) is 0. The minimum atomic E-state index is -0.587. The van der Waals surface area contributed by atoms with Crippen LogP contribution in [-0.4, -0.2) is 38.8 Å². The Hall–Kier alpha value is -1.86. The number of rotatable bonds is 8. The number of nitrogens with zero attached hydrogens (tertiary/aromatic N) is 2. The number of hydrogen-bond donors (Lipinski definition) is 2. The summed E-state index contributed by atoms with van der Waals surface area (Å²) in [4.78, 5) is 4.42. The molecule has 1 unspecified atom stereocenters. The SMILES string of the molecule is OC(COCc1ccc(Cl)cc1)CSc1n[nH]c(-c2ccccc2)n1. The van der Waals surface area contributed by atoms with Gasteiger partial charge >= 0.3 is 0 Å². The molecule has 7 heteroatoms. The Morgan fingerprint density at radius 1 is 1.12 bits per heavy atom. The van der Waals surface area contributed by atoms with Crippen molar-refractivity contribution in [1.29, 1.82) is 0 Å². The lowest BCUT2D eigenvalue weighted by atomic mass is 10.2. The van der Waals surface area contributed by atoms with Crippen LogP contribution >= 0.6 is 23.4 Å². The molecule has 0 aliphatic heterocycles. The molecule has 1 atom stereocenters. The van der Waals surface area contributed by atoms with Gasteiger partial charge in [0, 0.05) is 16.3 Å². The lowest BCUT2D eigenvalue weighted by molar-refractivity contribution is 0.0398. The first-order valence-electron chi connectivity index (χ1n) is 7.81. The van der Waals surface area contributed by atoms with Gasteiger partial charge in [-0.3, -0.25) is 5.10 Å². The van der Waals surface area contributed by atoms with Gasteiger partial charge < -0.3 is 9.84 Å². The molecule has 1 aromatic heterocycles. The number of halogens is 1. The smallest absolute Gasteiger partial charge is 0.208 e. The van der Waals surface area contributed by atoms with Crippen molar-refractivity contribution < 1.29 is 9.84 Å². The number of aromatic nitrogens is 3. The van der Waals surface area contributed by atoms with Gasteiger partial charge in [0.1, 0.15) is 0 Å². The fraction of sp³-hybridized carbons (Fsp3) is 0.222. The van der Waals surface area contributed by atoms with E-state index in [0.29, 0.717) is 22.5 Å². The molecule has 130 valence electrons. The normalized spacial score (nSPS) is 12.2. The summed E-state index contributed by atoms with van der Waals surface area (Å²) in [5.74, 6) is 1.18. The number of ether oxygens (including phenoxy) is 1. The van der Waals surface area contributed by atoms with Crippen LogP contribution in [0.3, 0.4) is 0 Å². The second-order valence-electron chi connectivity index (χ2n) is 5.44. The van der Waals surface area contributed by atoms with Crippen LogP contribution < -0.4 is 0 Å². The van der Waals surface area contributed by atoms with Crippen LogP contribution in [0.2, 0.25) is 5.02 Å². The standard InChI is InChI=1S/C18H18ClN3O2S/c19-15-8-6-13(7-9-15)10-24-11-16(23)12-25-18-20-17(21-22-18)14-4-2-1-3-5-14/h1-9,16,23H,10-12H2,(H,20,21,22). The monoisotopic (exact) mass is 375 g/mol. The first kappa shape index (κ1) is 17.9. The van der Waals surface area contributed by atoms with Gasteiger partial charge in [-0.25, -0.2) is 4.98 Å². The molecule has 0 aliphatic carbocycles. The van der Waals surface area contributed by atoms with Gasteiger partial charge in [0.2, 0.25) is 5.16 Å². The molecule has 25 heavy (non-hydrogen) atoms. The first-order valence-corrected chi connectivity index (χ1v) is 9.18. The molecule has 0 radical (unpaired) electrons. The Balaban J connectivity index is 1.41. The molecule has 0 amide bonds. The first-order chi connectivity index (χ1) is 12.2. The average molecular weight is 376 g/mol. The van der Waals surface area contributed by atoms with Crippen LogP contribution in [0.5, 0.6) is 0 Å². The van der Waals surface area contributed by atoms with Gasteiger partial charge in [0.15, 0.2) is 5.82 Å². The van der Waals surface area contributed by atoms with Crippen LogP contribution in [-0.2, 0) is 11.3 Å². The molecule has 0 fully saturated rings. The van der Waals surface area contributed by atoms with Crippen LogP contribution in [0.15, 0.2) is 59.8 Å². The Bertz CT molecular complexity index is 781. The highest BCUT2D eigenvalue weighted by Crippen LogP contribution is 2.19. The van der Waals surface area contributed by atoms with E-state index in [9.17, 15) is 5.11 Å². The van der Waals surface area contributed by atoms with E-state index < -0.39 is 6.10 Å². The third-order valence-electron chi connectivity index (χ3n) is 3.41. The summed E-state index contributed by atoms with van der Waals surface area (Å²) < 4.78 is 5.53. The number of H-pyrrole nitrogens is 1. The lowest BCUT2D eigenvalue weighted by Gasteiger charge is -2.10. The third-order valence-corrected chi connectivity index (χ3v) is 4.65. The number of aliphatic hydroxyl groups excluding tert-OH is 1. The fourth-order valence-corrected chi connectivity index (χ4v) is 2.98. The summed E-state index contributed by atoms with van der Waals surface area (Å²) in [6, 6.07) is 17.2. The molecule has 2 aromatic carbocycles. The molecule has 0 spiro atoms. The van der Waals surface area contributed by atoms with Crippen molar-refractivity contribution in [3.8, 4) is 11.4 Å². The summed E-state index contributed by atoms with van der Waals surface area (Å²) in [6.45, 7) is 0.698. The second kappa shape index (κ2) is 9.01. The summed E-state index contributed by atoms with van der Waals surface area (Å²) in [5.41, 5.74) is 2.00. The van der Waals surface area contributed by atoms with E-state index in [2.05, 4.69) is 15.2 Å². The Labute approximate surface area is 155 Å². The van der Waals surface area contributed by atoms with Crippen molar-refractivity contribution >= 4 is 23.4 Å². The molecule has 2 N–H and O–H groups in total. The zero-order chi connectivity index (χ0) is 17.5. The number of thioether (sulfide) groups is 1. The maximum Gasteiger partial charge on any atom is 0.208 e. The molecule has 3 rings (SSSR count). The molecule has 5 nitrogen and oxygen atoms in total. The summed E-state index contributed by atoms with van der Waals surface area (Å²) in [6.07, 6.45) is -0.587. The van der Waals surface area contributed by atoms with E-state index >= 15 is 0 Å². The highest BCUT2D eigenvalue weighted by atomic mass is 35.5. The lowest BCUT2D eigenvalue weighted by Crippen LogP contribution is -2.18. The van der Waals surface area contributed by atoms with Crippen molar-refractivity contribution in [1.82, 2.24) is 15.2 Å². The average Bonchev–Trinajstić information content (AvgIpc) is 3.11. The minimum Gasteiger partial charge on any atom is -0.390 e. The highest BCUT2D eigenvalue weighted by molar-refractivity contribution is 7.99. The van der Waals surface area contributed by atoms with E-state index in [-0.39, 0.29) is 6.61 Å². The van der Waals surface area contributed by atoms with E-state index in [4.69, 9.17) is 16.3 Å². The molecular weight excluding hydrogens is 358 g/mol. The van der Waals surface area contributed by atoms with Crippen molar-refractivity contribution in [2.75, 3.05) is 12.4 Å². The number of aromatic amines is 1. The van der Waals surface area contributed by atoms with Crippen molar-refractivity contribution in [3.05, 3.63) is 65.2 Å². The van der Waals surface area contributed by atoms with Gasteiger partial charge in [-0.05, 0) is 17.7 Å². The van der Waals surface area contributed by atoms with Crippen molar-refractivity contribution in [2.24, 2.45) is 0 Å². The summed E-state index contributed by atoms with van der Waals surface area (Å²) in [5, 5.41) is 18.4. The maximum absolute atomic E-state index is 10.0. The van der Waals surface area contributed by atoms with Crippen LogP contribution in [0.1, 0.15) is 5.56 Å². The van der Waals surface area contributed by atoms with Gasteiger partial charge in [-0.15, -0.1) is 5.10 Å². The molecule has 0 saturated carbocycles. The fourth-order valence-electron chi connectivity index (χ4n) is 2.15. The highest BCUT2D eigenvalue weighted by Gasteiger charge is 2.10. The largest absolute Gasteiger partial charge is 0.390 e. The Kier molecular flexibility index (Phi) is 6.47. The van der Waals surface area contributed by atoms with Gasteiger partial charge in [0.25, 0.3) is 0 Å². The summed E-state index contributed by atoms with van der Waals surface area (Å²) >= 11 is 7.23. The molecule has 0 saturated heterocycles. The molecule has 0 bridgehead atoms. The Morgan fingerprint density at radius 3 is 2.64 bits per heavy atom. The van der Waals surface area contributed by atoms with E-state index in [1.807, 2.05) is 54.6 Å². The molecular formula is C18H18ClN3O2S. The van der Waals surface area contributed by atoms with Gasteiger partial charge in [-0.2, -0.15) is 0 Å². The van der Waals surface area contributed by atoms with Crippen LogP contribution in [0, 0.1) is 0 Å². The predicted octanol–water partition coefficient (Wildman–Crippen LogP) is 3.79. The second-order valence-corrected chi connectivity index (χ2v) is 6.86. The quantitative estimate of drug-likeness (QED) is 0.586. The minimum absolute atomic E-state index is 0.256. The predicted molar refractivity (Wildman–Crippen MR) is 99.7 cm³/mol. The number of hydrogen-bond acceptors (Lipinski definition) is 5. The van der Waals surface area contributed by atoms with E-state index in [1.165, 1.54) is 11.8 Å². The van der Waals surface area contributed by atoms with E-state index in [1.54, 1.807) is 0 Å². The number of nitrogens with one attached hydrogen (secondary N) is 1. The molecule has 1 heterocycles.